The van der Waals surface area contributed by atoms with Crippen molar-refractivity contribution in [1.29, 1.82) is 0 Å². The van der Waals surface area contributed by atoms with Crippen LogP contribution in [0.2, 0.25) is 0 Å². The molecule has 1 aromatic heterocycles. The van der Waals surface area contributed by atoms with E-state index < -0.39 is 0 Å². The Morgan fingerprint density at radius 2 is 2.17 bits per heavy atom. The van der Waals surface area contributed by atoms with Crippen molar-refractivity contribution >= 4 is 23.2 Å². The molecule has 0 unspecified atom stereocenters. The number of hydrazone groups is 1. The molecule has 0 aliphatic carbocycles. The van der Waals surface area contributed by atoms with Crippen LogP contribution in [0.1, 0.15) is 12.0 Å². The van der Waals surface area contributed by atoms with Crippen molar-refractivity contribution in [3.05, 3.63) is 54.1 Å². The van der Waals surface area contributed by atoms with Crippen molar-refractivity contribution in [2.24, 2.45) is 5.10 Å². The number of carbonyl (C=O) groups is 1. The fraction of sp³-hybridized carbons (Fsp3) is 0.176. The van der Waals surface area contributed by atoms with Crippen molar-refractivity contribution < 1.29 is 9.53 Å². The van der Waals surface area contributed by atoms with Crippen molar-refractivity contribution in [2.75, 3.05) is 7.11 Å². The molecule has 3 rings (SSSR count). The first kappa shape index (κ1) is 15.7. The molecule has 1 N–H and O–H groups in total. The van der Waals surface area contributed by atoms with E-state index >= 15 is 0 Å². The summed E-state index contributed by atoms with van der Waals surface area (Å²) in [5.41, 5.74) is 5.07. The molecule has 1 amide bonds. The van der Waals surface area contributed by atoms with Crippen LogP contribution in [0, 0.1) is 0 Å². The molecule has 0 radical (unpaired) electrons. The molecule has 122 valence electrons. The van der Waals surface area contributed by atoms with Crippen LogP contribution >= 0.6 is 0 Å². The molecule has 1 heterocycles. The van der Waals surface area contributed by atoms with Gasteiger partial charge >= 0.3 is 0 Å². The Labute approximate surface area is 138 Å². The van der Waals surface area contributed by atoms with Gasteiger partial charge in [-0.05, 0) is 29.8 Å². The van der Waals surface area contributed by atoms with Crippen LogP contribution in [0.15, 0.2) is 53.6 Å². The van der Waals surface area contributed by atoms with Gasteiger partial charge in [0.25, 0.3) is 0 Å². The quantitative estimate of drug-likeness (QED) is 0.555. The van der Waals surface area contributed by atoms with Crippen molar-refractivity contribution in [1.82, 2.24) is 20.4 Å². The van der Waals surface area contributed by atoms with Gasteiger partial charge in [-0.3, -0.25) is 4.79 Å². The minimum absolute atomic E-state index is 0.186. The zero-order valence-corrected chi connectivity index (χ0v) is 13.2. The van der Waals surface area contributed by atoms with Crippen LogP contribution in [0.5, 0.6) is 5.75 Å². The van der Waals surface area contributed by atoms with Crippen LogP contribution in [0.4, 0.5) is 0 Å². The van der Waals surface area contributed by atoms with E-state index in [1.165, 1.54) is 0 Å². The lowest BCUT2D eigenvalue weighted by molar-refractivity contribution is -0.121. The third kappa shape index (κ3) is 3.75. The molecule has 3 aromatic rings. The van der Waals surface area contributed by atoms with Gasteiger partial charge in [0.2, 0.25) is 5.91 Å². The number of hydrogen-bond acceptors (Lipinski definition) is 5. The lowest BCUT2D eigenvalue weighted by atomic mass is 10.2. The summed E-state index contributed by atoms with van der Waals surface area (Å²) in [5, 5.41) is 12.1. The highest BCUT2D eigenvalue weighted by molar-refractivity contribution is 5.82. The Bertz CT molecular complexity index is 872. The number of benzene rings is 2. The summed E-state index contributed by atoms with van der Waals surface area (Å²) in [6.07, 6.45) is 1.84. The van der Waals surface area contributed by atoms with E-state index in [2.05, 4.69) is 20.8 Å². The van der Waals surface area contributed by atoms with E-state index in [4.69, 9.17) is 4.74 Å². The maximum absolute atomic E-state index is 11.9. The highest BCUT2D eigenvalue weighted by atomic mass is 16.5. The second-order valence-electron chi connectivity index (χ2n) is 5.12. The lowest BCUT2D eigenvalue weighted by Crippen LogP contribution is -2.19. The van der Waals surface area contributed by atoms with Gasteiger partial charge in [-0.2, -0.15) is 5.10 Å². The van der Waals surface area contributed by atoms with Crippen LogP contribution in [0.25, 0.3) is 11.0 Å². The van der Waals surface area contributed by atoms with Gasteiger partial charge < -0.3 is 4.74 Å². The van der Waals surface area contributed by atoms with E-state index in [9.17, 15) is 4.79 Å². The second kappa shape index (κ2) is 7.36. The largest absolute Gasteiger partial charge is 0.497 e. The lowest BCUT2D eigenvalue weighted by Gasteiger charge is -2.02. The number of hydrogen-bond donors (Lipinski definition) is 1. The molecule has 0 spiro atoms. The Morgan fingerprint density at radius 3 is 3.04 bits per heavy atom. The number of nitrogens with zero attached hydrogens (tertiary/aromatic N) is 4. The minimum Gasteiger partial charge on any atom is -0.497 e. The normalized spacial score (nSPS) is 11.0. The average Bonchev–Trinajstić information content (AvgIpc) is 3.03. The Kier molecular flexibility index (Phi) is 4.81. The highest BCUT2D eigenvalue weighted by Gasteiger charge is 2.05. The minimum atomic E-state index is -0.186. The monoisotopic (exact) mass is 323 g/mol. The summed E-state index contributed by atoms with van der Waals surface area (Å²) >= 11 is 0. The molecule has 0 atom stereocenters. The number of aromatic nitrogens is 3. The maximum atomic E-state index is 11.9. The summed E-state index contributed by atoms with van der Waals surface area (Å²) in [6.45, 7) is 0.445. The Hall–Kier alpha value is -3.22. The van der Waals surface area contributed by atoms with E-state index in [1.807, 2.05) is 48.5 Å². The zero-order chi connectivity index (χ0) is 16.8. The first-order valence-corrected chi connectivity index (χ1v) is 7.50. The molecule has 0 fully saturated rings. The topological polar surface area (TPSA) is 81.4 Å². The molecule has 7 heteroatoms. The number of carbonyl (C=O) groups excluding carboxylic acids is 1. The zero-order valence-electron chi connectivity index (χ0n) is 13.2. The van der Waals surface area contributed by atoms with Crippen LogP contribution in [-0.4, -0.2) is 34.2 Å². The standard InChI is InChI=1S/C17H17N5O2/c1-24-14-6-4-5-13(11-14)12-18-20-17(23)9-10-22-16-8-3-2-7-15(16)19-21-22/h2-8,11-12H,9-10H2,1H3,(H,20,23)/b18-12+. The van der Waals surface area contributed by atoms with E-state index in [1.54, 1.807) is 18.0 Å². The van der Waals surface area contributed by atoms with E-state index in [0.717, 1.165) is 22.3 Å². The molecule has 0 aliphatic heterocycles. The van der Waals surface area contributed by atoms with Gasteiger partial charge in [-0.15, -0.1) is 5.10 Å². The smallest absolute Gasteiger partial charge is 0.241 e. The number of para-hydroxylation sites is 1. The fourth-order valence-corrected chi connectivity index (χ4v) is 2.25. The Morgan fingerprint density at radius 1 is 1.29 bits per heavy atom. The first-order valence-electron chi connectivity index (χ1n) is 7.50. The molecule has 2 aromatic carbocycles. The van der Waals surface area contributed by atoms with Crippen molar-refractivity contribution in [2.45, 2.75) is 13.0 Å². The Balaban J connectivity index is 1.53. The predicted octanol–water partition coefficient (Wildman–Crippen LogP) is 1.98. The van der Waals surface area contributed by atoms with Gasteiger partial charge in [-0.25, -0.2) is 10.1 Å². The number of methoxy groups -OCH3 is 1. The third-order valence-corrected chi connectivity index (χ3v) is 3.47. The van der Waals surface area contributed by atoms with Crippen LogP contribution in [-0.2, 0) is 11.3 Å². The number of fused-ring (bicyclic) bond motifs is 1. The molecular formula is C17H17N5O2. The molecule has 0 aliphatic rings. The molecule has 0 saturated heterocycles. The molecular weight excluding hydrogens is 306 g/mol. The number of ether oxygens (including phenoxy) is 1. The predicted molar refractivity (Wildman–Crippen MR) is 90.9 cm³/mol. The van der Waals surface area contributed by atoms with Gasteiger partial charge in [0.05, 0.1) is 25.4 Å². The molecule has 24 heavy (non-hydrogen) atoms. The van der Waals surface area contributed by atoms with Gasteiger partial charge in [0.15, 0.2) is 0 Å². The summed E-state index contributed by atoms with van der Waals surface area (Å²) < 4.78 is 6.84. The summed E-state index contributed by atoms with van der Waals surface area (Å²) in [6, 6.07) is 15.0. The van der Waals surface area contributed by atoms with Crippen LogP contribution < -0.4 is 10.2 Å². The molecule has 7 nitrogen and oxygen atoms in total. The number of nitrogens with one attached hydrogen (secondary N) is 1. The summed E-state index contributed by atoms with van der Waals surface area (Å²) in [4.78, 5) is 11.9. The van der Waals surface area contributed by atoms with E-state index in [-0.39, 0.29) is 12.3 Å². The second-order valence-corrected chi connectivity index (χ2v) is 5.12. The average molecular weight is 323 g/mol. The van der Waals surface area contributed by atoms with Gasteiger partial charge in [0, 0.05) is 6.42 Å². The molecule has 0 saturated carbocycles. The van der Waals surface area contributed by atoms with Crippen molar-refractivity contribution in [3.63, 3.8) is 0 Å². The number of rotatable bonds is 6. The maximum Gasteiger partial charge on any atom is 0.241 e. The number of amides is 1. The van der Waals surface area contributed by atoms with Gasteiger partial charge in [0.1, 0.15) is 11.3 Å². The van der Waals surface area contributed by atoms with Crippen LogP contribution in [0.3, 0.4) is 0 Å². The SMILES string of the molecule is COc1cccc(/C=N/NC(=O)CCn2nnc3ccccc32)c1. The first-order chi connectivity index (χ1) is 11.8. The van der Waals surface area contributed by atoms with E-state index in [0.29, 0.717) is 6.54 Å². The fourth-order valence-electron chi connectivity index (χ4n) is 2.25. The molecule has 0 bridgehead atoms. The third-order valence-electron chi connectivity index (χ3n) is 3.47. The van der Waals surface area contributed by atoms with Crippen molar-refractivity contribution in [3.8, 4) is 5.75 Å². The summed E-state index contributed by atoms with van der Waals surface area (Å²) in [7, 11) is 1.60. The summed E-state index contributed by atoms with van der Waals surface area (Å²) in [5.74, 6) is 0.553. The highest BCUT2D eigenvalue weighted by Crippen LogP contribution is 2.11. The van der Waals surface area contributed by atoms with Gasteiger partial charge in [-0.1, -0.05) is 29.5 Å². The number of aryl methyl sites for hydroxylation is 1.